The van der Waals surface area contributed by atoms with Gasteiger partial charge in [0.05, 0.1) is 5.02 Å². The van der Waals surface area contributed by atoms with Crippen molar-refractivity contribution in [2.75, 3.05) is 19.7 Å². The van der Waals surface area contributed by atoms with E-state index >= 15 is 0 Å². The predicted octanol–water partition coefficient (Wildman–Crippen LogP) is 3.69. The number of carbonyl (C=O) groups is 2. The van der Waals surface area contributed by atoms with Crippen LogP contribution in [-0.4, -0.2) is 42.5 Å². The Morgan fingerprint density at radius 3 is 2.63 bits per heavy atom. The molecule has 2 heterocycles. The standard InChI is InChI=1S/C19H20Cl2N2O4/c1-12-2-5-16(27-12)19(25)22-14-6-8-23(9-7-14)18(24)11-26-17-10-13(20)3-4-15(17)21/h2-5,10,14H,6-9,11H2,1H3,(H,22,25). The highest BCUT2D eigenvalue weighted by molar-refractivity contribution is 6.34. The van der Waals surface area contributed by atoms with Gasteiger partial charge in [-0.2, -0.15) is 0 Å². The number of benzene rings is 1. The molecule has 0 aliphatic carbocycles. The van der Waals surface area contributed by atoms with Gasteiger partial charge in [-0.05, 0) is 44.0 Å². The normalized spacial score (nSPS) is 14.9. The molecule has 144 valence electrons. The molecule has 1 aromatic heterocycles. The maximum absolute atomic E-state index is 12.3. The minimum atomic E-state index is -0.230. The van der Waals surface area contributed by atoms with E-state index in [0.29, 0.717) is 53.2 Å². The quantitative estimate of drug-likeness (QED) is 0.815. The van der Waals surface area contributed by atoms with Gasteiger partial charge in [0.1, 0.15) is 11.5 Å². The number of halogens is 2. The van der Waals surface area contributed by atoms with Crippen molar-refractivity contribution < 1.29 is 18.7 Å². The Balaban J connectivity index is 1.45. The lowest BCUT2D eigenvalue weighted by Crippen LogP contribution is -2.47. The molecule has 6 nitrogen and oxygen atoms in total. The Bertz CT molecular complexity index is 829. The third-order valence-electron chi connectivity index (χ3n) is 4.39. The predicted molar refractivity (Wildman–Crippen MR) is 102 cm³/mol. The number of aryl methyl sites for hydroxylation is 1. The van der Waals surface area contributed by atoms with E-state index in [2.05, 4.69) is 5.32 Å². The van der Waals surface area contributed by atoms with Crippen molar-refractivity contribution in [3.8, 4) is 5.75 Å². The number of nitrogens with one attached hydrogen (secondary N) is 1. The van der Waals surface area contributed by atoms with Gasteiger partial charge in [0.2, 0.25) is 0 Å². The van der Waals surface area contributed by atoms with Crippen molar-refractivity contribution in [2.45, 2.75) is 25.8 Å². The van der Waals surface area contributed by atoms with E-state index in [0.717, 1.165) is 0 Å². The van der Waals surface area contributed by atoms with Crippen molar-refractivity contribution in [3.05, 3.63) is 51.9 Å². The average molecular weight is 411 g/mol. The maximum atomic E-state index is 12.3. The molecule has 2 amide bonds. The van der Waals surface area contributed by atoms with E-state index < -0.39 is 0 Å². The van der Waals surface area contributed by atoms with Gasteiger partial charge in [-0.1, -0.05) is 23.2 Å². The number of carbonyl (C=O) groups excluding carboxylic acids is 2. The molecule has 0 saturated carbocycles. The fourth-order valence-electron chi connectivity index (χ4n) is 2.90. The second kappa shape index (κ2) is 8.67. The number of amides is 2. The second-order valence-electron chi connectivity index (χ2n) is 6.40. The molecule has 1 N–H and O–H groups in total. The number of piperidine rings is 1. The number of hydrogen-bond acceptors (Lipinski definition) is 4. The average Bonchev–Trinajstić information content (AvgIpc) is 3.09. The van der Waals surface area contributed by atoms with E-state index in [1.807, 2.05) is 0 Å². The molecule has 3 rings (SSSR count). The monoisotopic (exact) mass is 410 g/mol. The summed E-state index contributed by atoms with van der Waals surface area (Å²) in [5.41, 5.74) is 0. The highest BCUT2D eigenvalue weighted by Crippen LogP contribution is 2.27. The fourth-order valence-corrected chi connectivity index (χ4v) is 3.24. The molecule has 1 aliphatic heterocycles. The van der Waals surface area contributed by atoms with E-state index in [-0.39, 0.29) is 24.5 Å². The molecular weight excluding hydrogens is 391 g/mol. The first kappa shape index (κ1) is 19.6. The van der Waals surface area contributed by atoms with Crippen LogP contribution in [0.1, 0.15) is 29.2 Å². The van der Waals surface area contributed by atoms with Crippen LogP contribution < -0.4 is 10.1 Å². The minimum Gasteiger partial charge on any atom is -0.482 e. The van der Waals surface area contributed by atoms with Crippen molar-refractivity contribution in [3.63, 3.8) is 0 Å². The van der Waals surface area contributed by atoms with E-state index in [1.54, 1.807) is 42.2 Å². The lowest BCUT2D eigenvalue weighted by molar-refractivity contribution is -0.134. The lowest BCUT2D eigenvalue weighted by atomic mass is 10.0. The molecule has 0 atom stereocenters. The number of hydrogen-bond donors (Lipinski definition) is 1. The summed E-state index contributed by atoms with van der Waals surface area (Å²) >= 11 is 11.9. The fraction of sp³-hybridized carbons (Fsp3) is 0.368. The molecule has 8 heteroatoms. The molecule has 0 radical (unpaired) electrons. The van der Waals surface area contributed by atoms with Crippen LogP contribution in [-0.2, 0) is 4.79 Å². The zero-order chi connectivity index (χ0) is 19.4. The third-order valence-corrected chi connectivity index (χ3v) is 4.94. The summed E-state index contributed by atoms with van der Waals surface area (Å²) in [5, 5.41) is 3.84. The zero-order valence-corrected chi connectivity index (χ0v) is 16.3. The van der Waals surface area contributed by atoms with Crippen LogP contribution in [0.3, 0.4) is 0 Å². The molecule has 1 aliphatic rings. The first-order chi connectivity index (χ1) is 12.9. The van der Waals surface area contributed by atoms with Gasteiger partial charge >= 0.3 is 0 Å². The van der Waals surface area contributed by atoms with Crippen molar-refractivity contribution in [1.82, 2.24) is 10.2 Å². The summed E-state index contributed by atoms with van der Waals surface area (Å²) in [4.78, 5) is 26.2. The van der Waals surface area contributed by atoms with Crippen LogP contribution in [0, 0.1) is 6.92 Å². The van der Waals surface area contributed by atoms with Gasteiger partial charge in [0, 0.05) is 30.2 Å². The minimum absolute atomic E-state index is 0.00949. The summed E-state index contributed by atoms with van der Waals surface area (Å²) in [7, 11) is 0. The molecule has 1 aromatic carbocycles. The van der Waals surface area contributed by atoms with Gasteiger partial charge in [-0.15, -0.1) is 0 Å². The Morgan fingerprint density at radius 1 is 1.22 bits per heavy atom. The van der Waals surface area contributed by atoms with Crippen molar-refractivity contribution >= 4 is 35.0 Å². The van der Waals surface area contributed by atoms with Gasteiger partial charge in [0.25, 0.3) is 11.8 Å². The molecule has 2 aromatic rings. The van der Waals surface area contributed by atoms with Gasteiger partial charge in [0.15, 0.2) is 12.4 Å². The number of ether oxygens (including phenoxy) is 1. The topological polar surface area (TPSA) is 71.8 Å². The number of rotatable bonds is 5. The van der Waals surface area contributed by atoms with Crippen molar-refractivity contribution in [2.24, 2.45) is 0 Å². The largest absolute Gasteiger partial charge is 0.482 e. The first-order valence-corrected chi connectivity index (χ1v) is 9.41. The smallest absolute Gasteiger partial charge is 0.287 e. The zero-order valence-electron chi connectivity index (χ0n) is 14.8. The molecule has 0 bridgehead atoms. The molecule has 27 heavy (non-hydrogen) atoms. The molecule has 1 saturated heterocycles. The van der Waals surface area contributed by atoms with Crippen LogP contribution >= 0.6 is 23.2 Å². The summed E-state index contributed by atoms with van der Waals surface area (Å²) in [6, 6.07) is 8.27. The lowest BCUT2D eigenvalue weighted by Gasteiger charge is -2.32. The highest BCUT2D eigenvalue weighted by Gasteiger charge is 2.25. The van der Waals surface area contributed by atoms with Crippen LogP contribution in [0.5, 0.6) is 5.75 Å². The van der Waals surface area contributed by atoms with Gasteiger partial charge in [-0.25, -0.2) is 0 Å². The Kier molecular flexibility index (Phi) is 6.29. The summed E-state index contributed by atoms with van der Waals surface area (Å²) in [6.45, 7) is 2.78. The number of likely N-dealkylation sites (tertiary alicyclic amines) is 1. The van der Waals surface area contributed by atoms with E-state index in [9.17, 15) is 9.59 Å². The summed E-state index contributed by atoms with van der Waals surface area (Å²) in [5.74, 6) is 1.02. The Morgan fingerprint density at radius 2 is 1.96 bits per heavy atom. The van der Waals surface area contributed by atoms with Crippen LogP contribution in [0.25, 0.3) is 0 Å². The molecule has 0 spiro atoms. The molecule has 0 unspecified atom stereocenters. The first-order valence-electron chi connectivity index (χ1n) is 8.65. The Labute approximate surface area is 167 Å². The maximum Gasteiger partial charge on any atom is 0.287 e. The highest BCUT2D eigenvalue weighted by atomic mass is 35.5. The van der Waals surface area contributed by atoms with Crippen LogP contribution in [0.4, 0.5) is 0 Å². The van der Waals surface area contributed by atoms with Crippen LogP contribution in [0.15, 0.2) is 34.7 Å². The summed E-state index contributed by atoms with van der Waals surface area (Å²) in [6.07, 6.45) is 1.35. The van der Waals surface area contributed by atoms with Crippen molar-refractivity contribution in [1.29, 1.82) is 0 Å². The summed E-state index contributed by atoms with van der Waals surface area (Å²) < 4.78 is 10.8. The third kappa shape index (κ3) is 5.17. The number of furan rings is 1. The van der Waals surface area contributed by atoms with E-state index in [1.165, 1.54) is 0 Å². The van der Waals surface area contributed by atoms with Gasteiger partial charge < -0.3 is 19.4 Å². The van der Waals surface area contributed by atoms with E-state index in [4.69, 9.17) is 32.4 Å². The molecule has 1 fully saturated rings. The SMILES string of the molecule is Cc1ccc(C(=O)NC2CCN(C(=O)COc3cc(Cl)ccc3Cl)CC2)o1. The second-order valence-corrected chi connectivity index (χ2v) is 7.25. The molecular formula is C19H20Cl2N2O4. The van der Waals surface area contributed by atoms with Gasteiger partial charge in [-0.3, -0.25) is 9.59 Å². The Hall–Kier alpha value is -2.18. The number of nitrogens with zero attached hydrogens (tertiary/aromatic N) is 1. The van der Waals surface area contributed by atoms with Crippen LogP contribution in [0.2, 0.25) is 10.0 Å².